The first-order chi connectivity index (χ1) is 20.2. The average Bonchev–Trinajstić information content (AvgIpc) is 3.30. The molecule has 0 spiro atoms. The molecule has 13 atom stereocenters. The van der Waals surface area contributed by atoms with E-state index in [1.807, 2.05) is 0 Å². The van der Waals surface area contributed by atoms with Crippen molar-refractivity contribution in [2.24, 2.45) is 46.3 Å². The third kappa shape index (κ3) is 7.07. The van der Waals surface area contributed by atoms with Gasteiger partial charge in [0.2, 0.25) is 20.8 Å². The number of fused-ring (bicyclic) bond motifs is 10. The number of rotatable bonds is 7. The quantitative estimate of drug-likeness (QED) is 0.136. The summed E-state index contributed by atoms with van der Waals surface area (Å²) in [4.78, 5) is 0. The summed E-state index contributed by atoms with van der Waals surface area (Å²) in [6.45, 7) is 14.8. The number of allylic oxidation sites excluding steroid dienone is 1. The second-order valence-electron chi connectivity index (χ2n) is 15.7. The second kappa shape index (κ2) is 13.7. The molecule has 6 fully saturated rings. The fraction of sp³-hybridized carbons (Fsp3) is 0.935. The van der Waals surface area contributed by atoms with Crippen molar-refractivity contribution in [1.82, 2.24) is 0 Å². The van der Waals surface area contributed by atoms with Crippen LogP contribution in [0.5, 0.6) is 0 Å². The van der Waals surface area contributed by atoms with Crippen molar-refractivity contribution in [3.05, 3.63) is 11.1 Å². The van der Waals surface area contributed by atoms with Crippen molar-refractivity contribution in [3.8, 4) is 0 Å². The molecule has 0 radical (unpaired) electrons. The van der Waals surface area contributed by atoms with Crippen molar-refractivity contribution in [3.63, 3.8) is 0 Å². The normalized spacial score (nSPS) is 46.2. The van der Waals surface area contributed by atoms with E-state index in [0.717, 1.165) is 38.5 Å². The first-order valence-electron chi connectivity index (χ1n) is 16.2. The molecular weight excluding hydrogens is 658 g/mol. The molecule has 0 amide bonds. The zero-order chi connectivity index (χ0) is 32.2. The van der Waals surface area contributed by atoms with Crippen LogP contribution in [0.1, 0.15) is 99.8 Å². The Morgan fingerprint density at radius 3 is 2.09 bits per heavy atom. The zero-order valence-corrected chi connectivity index (χ0v) is 34.4. The van der Waals surface area contributed by atoms with Gasteiger partial charge in [-0.25, -0.2) is 16.8 Å². The summed E-state index contributed by atoms with van der Waals surface area (Å²) in [5.41, 5.74) is 1.73. The molecule has 0 aromatic heterocycles. The van der Waals surface area contributed by atoms with Crippen molar-refractivity contribution in [1.29, 1.82) is 0 Å². The van der Waals surface area contributed by atoms with Crippen LogP contribution in [0.2, 0.25) is 0 Å². The third-order valence-electron chi connectivity index (χ3n) is 13.0. The molecule has 46 heavy (non-hydrogen) atoms. The topological polar surface area (TPSA) is 161 Å². The predicted octanol–water partition coefficient (Wildman–Crippen LogP) is -1.20. The Labute approximate surface area is 319 Å². The van der Waals surface area contributed by atoms with Gasteiger partial charge in [-0.05, 0) is 113 Å². The summed E-state index contributed by atoms with van der Waals surface area (Å²) in [5, 5.41) is 0. The summed E-state index contributed by atoms with van der Waals surface area (Å²) in [7, 11) is -10.3. The smallest absolute Gasteiger partial charge is 0.726 e. The molecule has 2 heterocycles. The van der Waals surface area contributed by atoms with Gasteiger partial charge in [-0.1, -0.05) is 38.8 Å². The van der Waals surface area contributed by atoms with Gasteiger partial charge in [0.05, 0.1) is 12.2 Å². The van der Waals surface area contributed by atoms with Gasteiger partial charge in [0.1, 0.15) is 17.8 Å². The number of hydrogen-bond donors (Lipinski definition) is 0. The second-order valence-corrected chi connectivity index (χ2v) is 17.7. The van der Waals surface area contributed by atoms with Gasteiger partial charge in [0.25, 0.3) is 6.48 Å². The molecular formula is C31H48Na2O11S2. The van der Waals surface area contributed by atoms with E-state index in [9.17, 15) is 25.9 Å². The van der Waals surface area contributed by atoms with E-state index in [1.165, 1.54) is 11.1 Å². The molecule has 13 unspecified atom stereocenters. The SMILES string of the molecule is CC(C)=C(CC1OC2OC3CC4C5CCC6CC(OS(=O)(=O)[O-])C(OS(=O)(=O)[O-])CC6(C)C5CCC4(C)C3C1(C)O2)C(C)C.[Na+].[Na+]. The minimum atomic E-state index is -5.15. The van der Waals surface area contributed by atoms with Gasteiger partial charge < -0.3 is 23.3 Å². The molecule has 252 valence electrons. The van der Waals surface area contributed by atoms with Crippen molar-refractivity contribution in [2.45, 2.75) is 136 Å². The van der Waals surface area contributed by atoms with Crippen LogP contribution in [0, 0.1) is 46.3 Å². The van der Waals surface area contributed by atoms with Gasteiger partial charge in [0, 0.05) is 5.92 Å². The first kappa shape index (κ1) is 40.1. The van der Waals surface area contributed by atoms with Crippen LogP contribution in [0.15, 0.2) is 11.1 Å². The van der Waals surface area contributed by atoms with E-state index in [-0.39, 0.29) is 107 Å². The van der Waals surface area contributed by atoms with Gasteiger partial charge in [0.15, 0.2) is 0 Å². The van der Waals surface area contributed by atoms with Gasteiger partial charge in [-0.15, -0.1) is 0 Å². The summed E-state index contributed by atoms with van der Waals surface area (Å²) in [6, 6.07) is 0. The standard InChI is InChI=1S/C31H50O11S2.2Na/c1-16(2)20(17(3)4)13-26-31(7)27-24(38-28(39-26)40-31)14-22-19-9-8-18-12-23(41-43(32,33)34)25(42-44(35,36)37)15-30(18,6)21(19)10-11-29(22,27)5;;/h16,18-19,21-28H,8-15H2,1-7H3,(H,32,33,34)(H,35,36,37);;/q;2*+1/p-2. The maximum atomic E-state index is 11.7. The molecule has 6 rings (SSSR count). The first-order valence-corrected chi connectivity index (χ1v) is 18.8. The number of ether oxygens (including phenoxy) is 3. The summed E-state index contributed by atoms with van der Waals surface area (Å²) < 4.78 is 98.6. The Bertz CT molecular complexity index is 1400. The van der Waals surface area contributed by atoms with Crippen LogP contribution in [0.3, 0.4) is 0 Å². The molecule has 0 N–H and O–H groups in total. The van der Waals surface area contributed by atoms with Crippen LogP contribution < -0.4 is 59.1 Å². The molecule has 2 bridgehead atoms. The minimum absolute atomic E-state index is 0. The number of hydrogen-bond acceptors (Lipinski definition) is 11. The maximum Gasteiger partial charge on any atom is 1.00 e. The molecule has 2 saturated heterocycles. The maximum absolute atomic E-state index is 11.7. The van der Waals surface area contributed by atoms with Crippen molar-refractivity contribution < 1.29 is 108 Å². The Hall–Kier alpha value is 1.36. The van der Waals surface area contributed by atoms with E-state index >= 15 is 0 Å². The largest absolute Gasteiger partial charge is 1.00 e. The molecule has 4 saturated carbocycles. The summed E-state index contributed by atoms with van der Waals surface area (Å²) in [6.07, 6.45) is 2.76. The van der Waals surface area contributed by atoms with Crippen LogP contribution in [-0.2, 0) is 43.4 Å². The van der Waals surface area contributed by atoms with Crippen LogP contribution in [0.4, 0.5) is 0 Å². The Morgan fingerprint density at radius 2 is 1.50 bits per heavy atom. The Kier molecular flexibility index (Phi) is 12.0. The molecule has 11 nitrogen and oxygen atoms in total. The average molecular weight is 707 g/mol. The predicted molar refractivity (Wildman–Crippen MR) is 156 cm³/mol. The molecule has 6 aliphatic rings. The van der Waals surface area contributed by atoms with Crippen molar-refractivity contribution >= 4 is 20.8 Å². The molecule has 0 aromatic rings. The van der Waals surface area contributed by atoms with Crippen LogP contribution in [0.25, 0.3) is 0 Å². The zero-order valence-electron chi connectivity index (χ0n) is 28.8. The Morgan fingerprint density at radius 1 is 0.870 bits per heavy atom. The van der Waals surface area contributed by atoms with E-state index < -0.39 is 50.5 Å². The molecule has 0 aromatic carbocycles. The molecule has 4 aliphatic carbocycles. The third-order valence-corrected chi connectivity index (χ3v) is 14.0. The van der Waals surface area contributed by atoms with Gasteiger partial charge >= 0.3 is 59.1 Å². The van der Waals surface area contributed by atoms with Crippen LogP contribution >= 0.6 is 0 Å². The van der Waals surface area contributed by atoms with E-state index in [2.05, 4.69) is 48.5 Å². The monoisotopic (exact) mass is 706 g/mol. The van der Waals surface area contributed by atoms with Crippen molar-refractivity contribution in [2.75, 3.05) is 0 Å². The van der Waals surface area contributed by atoms with Crippen LogP contribution in [-0.4, -0.2) is 62.4 Å². The fourth-order valence-electron chi connectivity index (χ4n) is 11.4. The summed E-state index contributed by atoms with van der Waals surface area (Å²) >= 11 is 0. The van der Waals surface area contributed by atoms with E-state index in [0.29, 0.717) is 17.8 Å². The minimum Gasteiger partial charge on any atom is -0.726 e. The molecule has 15 heteroatoms. The molecule has 2 aliphatic heterocycles. The fourth-order valence-corrected chi connectivity index (χ4v) is 12.4. The Balaban J connectivity index is 0.00000240. The van der Waals surface area contributed by atoms with E-state index in [4.69, 9.17) is 22.6 Å². The van der Waals surface area contributed by atoms with Gasteiger partial charge in [-0.2, -0.15) is 0 Å². The van der Waals surface area contributed by atoms with E-state index in [1.54, 1.807) is 0 Å². The summed E-state index contributed by atoms with van der Waals surface area (Å²) in [5.74, 6) is 1.44. The van der Waals surface area contributed by atoms with Gasteiger partial charge in [-0.3, -0.25) is 8.37 Å².